The van der Waals surface area contributed by atoms with Gasteiger partial charge in [-0.2, -0.15) is 5.26 Å². The molecule has 2 aliphatic carbocycles. The molecule has 0 bridgehead atoms. The average Bonchev–Trinajstić information content (AvgIpc) is 2.78. The van der Waals surface area contributed by atoms with Crippen molar-refractivity contribution in [2.75, 3.05) is 0 Å². The standard InChI is InChI=1S/C26H23F4NO2/c1-2-14-3-4-16-8-17(6-5-15(16)7-14)25-23(29)9-18(10-24(25)30)26(32)33-19-11-21(27)20(13-31)22(28)12-19/h2,9-12,14-17H,1,3-8H2. The molecular weight excluding hydrogens is 434 g/mol. The van der Waals surface area contributed by atoms with Gasteiger partial charge in [0.25, 0.3) is 0 Å². The van der Waals surface area contributed by atoms with Gasteiger partial charge in [0.05, 0.1) is 5.56 Å². The van der Waals surface area contributed by atoms with Gasteiger partial charge < -0.3 is 4.74 Å². The summed E-state index contributed by atoms with van der Waals surface area (Å²) in [7, 11) is 0. The molecule has 3 nitrogen and oxygen atoms in total. The summed E-state index contributed by atoms with van der Waals surface area (Å²) in [5, 5.41) is 8.71. The topological polar surface area (TPSA) is 50.1 Å². The summed E-state index contributed by atoms with van der Waals surface area (Å²) in [5.41, 5.74) is -1.24. The lowest BCUT2D eigenvalue weighted by molar-refractivity contribution is 0.0732. The predicted octanol–water partition coefficient (Wildman–Crippen LogP) is 6.82. The summed E-state index contributed by atoms with van der Waals surface area (Å²) in [6, 6.07) is 4.49. The van der Waals surface area contributed by atoms with Crippen LogP contribution in [0.4, 0.5) is 17.6 Å². The van der Waals surface area contributed by atoms with E-state index >= 15 is 0 Å². The average molecular weight is 457 g/mol. The Labute approximate surface area is 189 Å². The number of halogens is 4. The molecule has 2 saturated carbocycles. The molecule has 0 amide bonds. The minimum atomic E-state index is -1.20. The van der Waals surface area contributed by atoms with E-state index in [2.05, 4.69) is 6.58 Å². The number of benzene rings is 2. The van der Waals surface area contributed by atoms with Crippen molar-refractivity contribution in [2.45, 2.75) is 44.4 Å². The Hall–Kier alpha value is -3.14. The fraction of sp³-hybridized carbons (Fsp3) is 0.385. The van der Waals surface area contributed by atoms with E-state index in [1.165, 1.54) is 6.07 Å². The zero-order chi connectivity index (χ0) is 23.7. The third-order valence-corrected chi connectivity index (χ3v) is 7.05. The van der Waals surface area contributed by atoms with E-state index in [1.54, 1.807) is 0 Å². The summed E-state index contributed by atoms with van der Waals surface area (Å²) in [5.74, 6) is -4.52. The van der Waals surface area contributed by atoms with E-state index in [1.807, 2.05) is 6.08 Å². The van der Waals surface area contributed by atoms with Crippen LogP contribution < -0.4 is 4.74 Å². The first-order valence-electron chi connectivity index (χ1n) is 11.0. The molecule has 2 aromatic rings. The summed E-state index contributed by atoms with van der Waals surface area (Å²) in [6.45, 7) is 3.89. The van der Waals surface area contributed by atoms with Gasteiger partial charge in [-0.15, -0.1) is 6.58 Å². The molecule has 33 heavy (non-hydrogen) atoms. The molecule has 4 unspecified atom stereocenters. The van der Waals surface area contributed by atoms with Crippen molar-refractivity contribution in [2.24, 2.45) is 17.8 Å². The minimum Gasteiger partial charge on any atom is -0.423 e. The van der Waals surface area contributed by atoms with Crippen LogP contribution in [0.15, 0.2) is 36.9 Å². The van der Waals surface area contributed by atoms with E-state index in [0.29, 0.717) is 42.7 Å². The normalized spacial score (nSPS) is 24.5. The molecule has 0 saturated heterocycles. The van der Waals surface area contributed by atoms with E-state index < -0.39 is 46.1 Å². The Balaban J connectivity index is 1.50. The number of ether oxygens (including phenoxy) is 1. The molecule has 0 aliphatic heterocycles. The first kappa shape index (κ1) is 23.0. The van der Waals surface area contributed by atoms with Crippen LogP contribution >= 0.6 is 0 Å². The first-order chi connectivity index (χ1) is 15.8. The van der Waals surface area contributed by atoms with Crippen molar-refractivity contribution in [3.05, 3.63) is 76.9 Å². The van der Waals surface area contributed by atoms with Gasteiger partial charge in [-0.25, -0.2) is 22.4 Å². The molecule has 0 spiro atoms. The smallest absolute Gasteiger partial charge is 0.343 e. The third-order valence-electron chi connectivity index (χ3n) is 7.05. The number of nitriles is 1. The zero-order valence-corrected chi connectivity index (χ0v) is 17.9. The highest BCUT2D eigenvalue weighted by molar-refractivity contribution is 5.91. The zero-order valence-electron chi connectivity index (χ0n) is 17.9. The molecule has 2 aliphatic rings. The molecule has 0 heterocycles. The Kier molecular flexibility index (Phi) is 6.55. The molecule has 2 fully saturated rings. The summed E-state index contributed by atoms with van der Waals surface area (Å²) in [4.78, 5) is 12.4. The molecule has 2 aromatic carbocycles. The summed E-state index contributed by atoms with van der Waals surface area (Å²) in [6.07, 6.45) is 7.42. The van der Waals surface area contributed by atoms with Gasteiger partial charge in [-0.05, 0) is 74.3 Å². The van der Waals surface area contributed by atoms with Crippen LogP contribution in [0.3, 0.4) is 0 Å². The summed E-state index contributed by atoms with van der Waals surface area (Å²) < 4.78 is 62.2. The largest absolute Gasteiger partial charge is 0.423 e. The Morgan fingerprint density at radius 3 is 2.15 bits per heavy atom. The quantitative estimate of drug-likeness (QED) is 0.219. The summed E-state index contributed by atoms with van der Waals surface area (Å²) >= 11 is 0. The van der Waals surface area contributed by atoms with Gasteiger partial charge in [0, 0.05) is 17.7 Å². The number of hydrogen-bond acceptors (Lipinski definition) is 3. The Morgan fingerprint density at radius 1 is 0.939 bits per heavy atom. The molecule has 172 valence electrons. The number of rotatable bonds is 4. The Bertz CT molecular complexity index is 1090. The lowest BCUT2D eigenvalue weighted by Gasteiger charge is -2.41. The predicted molar refractivity (Wildman–Crippen MR) is 113 cm³/mol. The van der Waals surface area contributed by atoms with Crippen LogP contribution in [0, 0.1) is 52.4 Å². The molecule has 0 aromatic heterocycles. The number of nitrogens with zero attached hydrogens (tertiary/aromatic N) is 1. The van der Waals surface area contributed by atoms with Gasteiger partial charge in [0.1, 0.15) is 40.7 Å². The van der Waals surface area contributed by atoms with Crippen molar-refractivity contribution in [1.82, 2.24) is 0 Å². The highest BCUT2D eigenvalue weighted by Gasteiger charge is 2.37. The van der Waals surface area contributed by atoms with Gasteiger partial charge in [-0.3, -0.25) is 0 Å². The minimum absolute atomic E-state index is 0.0219. The molecule has 0 N–H and O–H groups in total. The van der Waals surface area contributed by atoms with Crippen LogP contribution in [0.1, 0.15) is 65.9 Å². The van der Waals surface area contributed by atoms with E-state index in [0.717, 1.165) is 37.8 Å². The van der Waals surface area contributed by atoms with Gasteiger partial charge >= 0.3 is 5.97 Å². The second kappa shape index (κ2) is 9.38. The van der Waals surface area contributed by atoms with Crippen molar-refractivity contribution in [3.8, 4) is 11.8 Å². The molecule has 7 heteroatoms. The second-order valence-corrected chi connectivity index (χ2v) is 8.96. The maximum absolute atomic E-state index is 14.9. The van der Waals surface area contributed by atoms with Crippen molar-refractivity contribution < 1.29 is 27.1 Å². The van der Waals surface area contributed by atoms with Gasteiger partial charge in [-0.1, -0.05) is 6.08 Å². The maximum Gasteiger partial charge on any atom is 0.343 e. The molecule has 0 radical (unpaired) electrons. The van der Waals surface area contributed by atoms with Gasteiger partial charge in [0.15, 0.2) is 0 Å². The molecule has 4 atom stereocenters. The van der Waals surface area contributed by atoms with Gasteiger partial charge in [0.2, 0.25) is 0 Å². The van der Waals surface area contributed by atoms with Crippen molar-refractivity contribution in [1.29, 1.82) is 5.26 Å². The van der Waals surface area contributed by atoms with Crippen LogP contribution in [0.5, 0.6) is 5.75 Å². The van der Waals surface area contributed by atoms with Crippen LogP contribution in [0.2, 0.25) is 0 Å². The van der Waals surface area contributed by atoms with E-state index in [4.69, 9.17) is 10.00 Å². The number of esters is 1. The maximum atomic E-state index is 14.9. The number of hydrogen-bond donors (Lipinski definition) is 0. The highest BCUT2D eigenvalue weighted by atomic mass is 19.1. The SMILES string of the molecule is C=CC1CCC2CC(c3c(F)cc(C(=O)Oc4cc(F)c(C#N)c(F)c4)cc3F)CCC2C1. The number of fused-ring (bicyclic) bond motifs is 1. The number of carbonyl (C=O) groups excluding carboxylic acids is 1. The number of carbonyl (C=O) groups is 1. The second-order valence-electron chi connectivity index (χ2n) is 8.96. The molecule has 4 rings (SSSR count). The lowest BCUT2D eigenvalue weighted by atomic mass is 9.64. The molecular formula is C26H23F4NO2. The van der Waals surface area contributed by atoms with Crippen molar-refractivity contribution in [3.63, 3.8) is 0 Å². The fourth-order valence-electron chi connectivity index (χ4n) is 5.38. The van der Waals surface area contributed by atoms with Crippen molar-refractivity contribution >= 4 is 5.97 Å². The lowest BCUT2D eigenvalue weighted by Crippen LogP contribution is -2.30. The van der Waals surface area contributed by atoms with E-state index in [-0.39, 0.29) is 11.5 Å². The third kappa shape index (κ3) is 4.66. The first-order valence-corrected chi connectivity index (χ1v) is 11.0. The van der Waals surface area contributed by atoms with E-state index in [9.17, 15) is 22.4 Å². The monoisotopic (exact) mass is 457 g/mol. The fourth-order valence-corrected chi connectivity index (χ4v) is 5.38. The van der Waals surface area contributed by atoms with Crippen LogP contribution in [-0.2, 0) is 0 Å². The van der Waals surface area contributed by atoms with Crippen LogP contribution in [-0.4, -0.2) is 5.97 Å². The Morgan fingerprint density at radius 2 is 1.55 bits per heavy atom. The number of allylic oxidation sites excluding steroid dienone is 1. The highest BCUT2D eigenvalue weighted by Crippen LogP contribution is 2.48. The van der Waals surface area contributed by atoms with Crippen LogP contribution in [0.25, 0.3) is 0 Å².